The summed E-state index contributed by atoms with van der Waals surface area (Å²) in [5.41, 5.74) is 16.8. The van der Waals surface area contributed by atoms with Crippen molar-refractivity contribution in [1.82, 2.24) is 4.98 Å². The molecule has 278 valence electrons. The number of aryl methyl sites for hydroxylation is 2. The van der Waals surface area contributed by atoms with Gasteiger partial charge in [0.15, 0.2) is 0 Å². The molecule has 0 N–H and O–H groups in total. The van der Waals surface area contributed by atoms with Crippen molar-refractivity contribution in [3.63, 3.8) is 0 Å². The first-order chi connectivity index (χ1) is 28.6. The number of hydrogen-bond donors (Lipinski definition) is 0. The van der Waals surface area contributed by atoms with Crippen LogP contribution in [-0.4, -0.2) is 4.98 Å². The minimum atomic E-state index is 0.187. The van der Waals surface area contributed by atoms with Crippen LogP contribution >= 0.6 is 0 Å². The van der Waals surface area contributed by atoms with Crippen molar-refractivity contribution in [3.05, 3.63) is 174 Å². The molecule has 1 heteroatoms. The fraction of sp³-hybridized carbons (Fsp3) is 0.211. The first-order valence-electron chi connectivity index (χ1n) is 21.6. The van der Waals surface area contributed by atoms with E-state index in [-0.39, 0.29) is 5.41 Å². The maximum Gasteiger partial charge on any atom is 0.0352 e. The predicted molar refractivity (Wildman–Crippen MR) is 243 cm³/mol. The minimum Gasteiger partial charge on any atom is -0.264 e. The van der Waals surface area contributed by atoms with Crippen molar-refractivity contribution in [2.24, 2.45) is 23.7 Å². The van der Waals surface area contributed by atoms with Crippen molar-refractivity contribution in [3.8, 4) is 44.5 Å². The lowest BCUT2D eigenvalue weighted by molar-refractivity contribution is -0.0399. The van der Waals surface area contributed by atoms with Gasteiger partial charge in [0.25, 0.3) is 0 Å². The minimum absolute atomic E-state index is 0.187. The zero-order valence-corrected chi connectivity index (χ0v) is 33.2. The van der Waals surface area contributed by atoms with E-state index < -0.39 is 0 Å². The molecule has 1 heterocycles. The zero-order chi connectivity index (χ0) is 38.3. The standard InChI is InChI=1S/C57H45N/c1-33-18-20-47-48(24-33)50(56-44-14-5-3-12-42(44)55(43-13-4-6-15-45(43)56)46-16-9-10-37-22-23-58-32-51(37)46)25-34(2)54(47)38-19-21-53-49(31-38)41-11-7-8-17-52(41)57(53)39-27-35-26-36(29-39)30-40(57)28-35/h3-25,31-32,35-36,39-40H,26-30H2,1-2H3. The molecular formula is C57H45N. The second kappa shape index (κ2) is 12.0. The summed E-state index contributed by atoms with van der Waals surface area (Å²) in [4.78, 5) is 4.58. The maximum atomic E-state index is 4.58. The highest BCUT2D eigenvalue weighted by atomic mass is 14.6. The third-order valence-corrected chi connectivity index (χ3v) is 15.5. The van der Waals surface area contributed by atoms with Gasteiger partial charge in [-0.05, 0) is 181 Å². The van der Waals surface area contributed by atoms with E-state index in [2.05, 4.69) is 158 Å². The number of benzene rings is 8. The Bertz CT molecular complexity index is 3130. The van der Waals surface area contributed by atoms with Gasteiger partial charge in [-0.2, -0.15) is 0 Å². The monoisotopic (exact) mass is 743 g/mol. The molecule has 4 fully saturated rings. The number of nitrogens with zero attached hydrogens (tertiary/aromatic N) is 1. The molecule has 4 bridgehead atoms. The summed E-state index contributed by atoms with van der Waals surface area (Å²) in [7, 11) is 0. The first kappa shape index (κ1) is 33.0. The fourth-order valence-electron chi connectivity index (χ4n) is 13.6. The number of fused-ring (bicyclic) bond motifs is 7. The summed E-state index contributed by atoms with van der Waals surface area (Å²) in [6, 6.07) is 53.8. The smallest absolute Gasteiger partial charge is 0.0352 e. The summed E-state index contributed by atoms with van der Waals surface area (Å²) in [5.74, 6) is 3.44. The normalized spacial score (nSPS) is 22.7. The first-order valence-corrected chi connectivity index (χ1v) is 21.6. The lowest BCUT2D eigenvalue weighted by atomic mass is 9.43. The highest BCUT2D eigenvalue weighted by Gasteiger charge is 2.61. The van der Waals surface area contributed by atoms with Gasteiger partial charge in [0.2, 0.25) is 0 Å². The van der Waals surface area contributed by atoms with Gasteiger partial charge in [0.05, 0.1) is 0 Å². The Morgan fingerprint density at radius 3 is 1.79 bits per heavy atom. The van der Waals surface area contributed by atoms with Crippen molar-refractivity contribution >= 4 is 43.1 Å². The molecule has 5 aliphatic carbocycles. The highest BCUT2D eigenvalue weighted by Crippen LogP contribution is 2.69. The molecule has 0 atom stereocenters. The van der Waals surface area contributed by atoms with Crippen LogP contribution in [0.3, 0.4) is 0 Å². The lowest BCUT2D eigenvalue weighted by Gasteiger charge is -2.61. The molecule has 0 unspecified atom stereocenters. The van der Waals surface area contributed by atoms with E-state index in [1.165, 1.54) is 131 Å². The van der Waals surface area contributed by atoms with Crippen LogP contribution in [0.4, 0.5) is 0 Å². The van der Waals surface area contributed by atoms with Gasteiger partial charge in [0.1, 0.15) is 0 Å². The largest absolute Gasteiger partial charge is 0.264 e. The quantitative estimate of drug-likeness (QED) is 0.164. The maximum absolute atomic E-state index is 4.58. The molecule has 0 radical (unpaired) electrons. The average molecular weight is 744 g/mol. The van der Waals surface area contributed by atoms with Crippen LogP contribution in [0.5, 0.6) is 0 Å². The number of hydrogen-bond acceptors (Lipinski definition) is 1. The molecule has 9 aromatic rings. The van der Waals surface area contributed by atoms with Crippen LogP contribution in [0.15, 0.2) is 152 Å². The molecule has 58 heavy (non-hydrogen) atoms. The second-order valence-electron chi connectivity index (χ2n) is 18.4. The Kier molecular flexibility index (Phi) is 6.82. The van der Waals surface area contributed by atoms with Gasteiger partial charge >= 0.3 is 0 Å². The molecule has 1 nitrogen and oxygen atoms in total. The van der Waals surface area contributed by atoms with E-state index in [0.29, 0.717) is 0 Å². The Morgan fingerprint density at radius 2 is 1.07 bits per heavy atom. The predicted octanol–water partition coefficient (Wildman–Crippen LogP) is 15.0. The van der Waals surface area contributed by atoms with E-state index in [4.69, 9.17) is 0 Å². The molecule has 0 amide bonds. The van der Waals surface area contributed by atoms with Crippen LogP contribution in [0.2, 0.25) is 0 Å². The van der Waals surface area contributed by atoms with E-state index in [0.717, 1.165) is 23.7 Å². The molecule has 4 saturated carbocycles. The Balaban J connectivity index is 1.05. The topological polar surface area (TPSA) is 12.9 Å². The molecule has 14 rings (SSSR count). The molecular weight excluding hydrogens is 699 g/mol. The van der Waals surface area contributed by atoms with Crippen LogP contribution in [0.25, 0.3) is 87.6 Å². The van der Waals surface area contributed by atoms with Gasteiger partial charge in [-0.3, -0.25) is 4.98 Å². The molecule has 0 saturated heterocycles. The van der Waals surface area contributed by atoms with Gasteiger partial charge in [-0.25, -0.2) is 0 Å². The van der Waals surface area contributed by atoms with E-state index >= 15 is 0 Å². The van der Waals surface area contributed by atoms with E-state index in [9.17, 15) is 0 Å². The van der Waals surface area contributed by atoms with Crippen molar-refractivity contribution in [2.45, 2.75) is 51.4 Å². The zero-order valence-electron chi connectivity index (χ0n) is 33.2. The van der Waals surface area contributed by atoms with Crippen LogP contribution in [0, 0.1) is 37.5 Å². The Hall–Kier alpha value is -6.05. The fourth-order valence-corrected chi connectivity index (χ4v) is 13.6. The van der Waals surface area contributed by atoms with Gasteiger partial charge < -0.3 is 0 Å². The van der Waals surface area contributed by atoms with Gasteiger partial charge in [0, 0.05) is 23.2 Å². The highest BCUT2D eigenvalue weighted by molar-refractivity contribution is 6.26. The number of rotatable bonds is 3. The van der Waals surface area contributed by atoms with Crippen molar-refractivity contribution < 1.29 is 0 Å². The van der Waals surface area contributed by atoms with Crippen LogP contribution < -0.4 is 0 Å². The summed E-state index contributed by atoms with van der Waals surface area (Å²) >= 11 is 0. The molecule has 1 aromatic heterocycles. The summed E-state index contributed by atoms with van der Waals surface area (Å²) in [6.07, 6.45) is 11.1. The van der Waals surface area contributed by atoms with Crippen LogP contribution in [-0.2, 0) is 5.41 Å². The van der Waals surface area contributed by atoms with Gasteiger partial charge in [-0.1, -0.05) is 133 Å². The lowest BCUT2D eigenvalue weighted by Crippen LogP contribution is -2.55. The number of pyridine rings is 1. The summed E-state index contributed by atoms with van der Waals surface area (Å²) in [6.45, 7) is 4.59. The second-order valence-corrected chi connectivity index (χ2v) is 18.4. The molecule has 8 aromatic carbocycles. The van der Waals surface area contributed by atoms with Crippen molar-refractivity contribution in [2.75, 3.05) is 0 Å². The third-order valence-electron chi connectivity index (χ3n) is 15.5. The molecule has 5 aliphatic rings. The average Bonchev–Trinajstić information content (AvgIpc) is 3.54. The third kappa shape index (κ3) is 4.35. The van der Waals surface area contributed by atoms with Gasteiger partial charge in [-0.15, -0.1) is 0 Å². The number of aromatic nitrogens is 1. The SMILES string of the molecule is Cc1ccc2c(-c3ccc4c(c3)-c3ccccc3C43C4CC5CC(C4)CC3C5)c(C)cc(-c3c4ccccc4c(-c4cccc5ccncc45)c4ccccc34)c2c1. The Morgan fingerprint density at radius 1 is 0.448 bits per heavy atom. The Labute approximate surface area is 340 Å². The van der Waals surface area contributed by atoms with E-state index in [1.807, 2.05) is 12.4 Å². The summed E-state index contributed by atoms with van der Waals surface area (Å²) < 4.78 is 0. The van der Waals surface area contributed by atoms with Crippen molar-refractivity contribution in [1.29, 1.82) is 0 Å². The summed E-state index contributed by atoms with van der Waals surface area (Å²) in [5, 5.41) is 10.1. The van der Waals surface area contributed by atoms with E-state index in [1.54, 1.807) is 11.1 Å². The molecule has 0 aliphatic heterocycles. The van der Waals surface area contributed by atoms with Crippen LogP contribution in [0.1, 0.15) is 54.4 Å². The molecule has 1 spiro atoms.